The molecule has 0 saturated carbocycles. The number of primary amides is 1. The Bertz CT molecular complexity index is 384. The van der Waals surface area contributed by atoms with Crippen molar-refractivity contribution in [2.24, 2.45) is 11.5 Å². The van der Waals surface area contributed by atoms with Gasteiger partial charge >= 0.3 is 0 Å². The smallest absolute Gasteiger partial charge is 0.219 e. The zero-order valence-corrected chi connectivity index (χ0v) is 9.90. The lowest BCUT2D eigenvalue weighted by Crippen LogP contribution is -2.40. The Hall–Kier alpha value is -1.46. The molecule has 1 unspecified atom stereocenters. The third-order valence-electron chi connectivity index (χ3n) is 2.65. The minimum atomic E-state index is -0.383. The van der Waals surface area contributed by atoms with Gasteiger partial charge in [0.25, 0.3) is 0 Å². The van der Waals surface area contributed by atoms with Gasteiger partial charge in [-0.05, 0) is 24.7 Å². The molecule has 1 aromatic rings. The maximum absolute atomic E-state index is 13.0. The van der Waals surface area contributed by atoms with E-state index in [4.69, 9.17) is 11.5 Å². The number of hydrogen-bond donors (Lipinski definition) is 2. The molecular formula is C12H18FN3O. The second kappa shape index (κ2) is 6.32. The van der Waals surface area contributed by atoms with Crippen LogP contribution in [0.4, 0.5) is 4.39 Å². The summed E-state index contributed by atoms with van der Waals surface area (Å²) in [7, 11) is 1.84. The number of rotatable bonds is 6. The van der Waals surface area contributed by atoms with Crippen molar-refractivity contribution in [3.05, 3.63) is 35.6 Å². The first kappa shape index (κ1) is 13.6. The van der Waals surface area contributed by atoms with Gasteiger partial charge in [-0.1, -0.05) is 12.1 Å². The number of amides is 1. The highest BCUT2D eigenvalue weighted by atomic mass is 19.1. The molecule has 0 saturated heterocycles. The van der Waals surface area contributed by atoms with Gasteiger partial charge in [-0.3, -0.25) is 9.69 Å². The molecule has 17 heavy (non-hydrogen) atoms. The maximum atomic E-state index is 13.0. The minimum absolute atomic E-state index is 0.115. The number of carbonyl (C=O) groups excluding carboxylic acids is 1. The number of halogens is 1. The highest BCUT2D eigenvalue weighted by Gasteiger charge is 2.15. The standard InChI is InChI=1S/C12H18FN3O/c1-16(11(7-14)6-12(15)17)8-9-3-2-4-10(13)5-9/h2-5,11H,6-8,14H2,1H3,(H2,15,17). The van der Waals surface area contributed by atoms with Crippen LogP contribution in [0, 0.1) is 5.82 Å². The molecule has 1 rings (SSSR count). The van der Waals surface area contributed by atoms with Gasteiger partial charge in [0.15, 0.2) is 0 Å². The molecule has 5 heteroatoms. The predicted octanol–water partition coefficient (Wildman–Crippen LogP) is 0.460. The molecule has 0 aliphatic carbocycles. The molecule has 0 bridgehead atoms. The van der Waals surface area contributed by atoms with Gasteiger partial charge < -0.3 is 11.5 Å². The molecule has 4 nitrogen and oxygen atoms in total. The van der Waals surface area contributed by atoms with Crippen molar-refractivity contribution in [1.29, 1.82) is 0 Å². The van der Waals surface area contributed by atoms with Gasteiger partial charge in [0, 0.05) is 25.6 Å². The van der Waals surface area contributed by atoms with E-state index in [1.807, 2.05) is 18.0 Å². The molecule has 0 fully saturated rings. The highest BCUT2D eigenvalue weighted by molar-refractivity contribution is 5.74. The summed E-state index contributed by atoms with van der Waals surface area (Å²) in [5.74, 6) is -0.651. The van der Waals surface area contributed by atoms with E-state index in [-0.39, 0.29) is 24.2 Å². The largest absolute Gasteiger partial charge is 0.370 e. The van der Waals surface area contributed by atoms with E-state index in [1.165, 1.54) is 12.1 Å². The van der Waals surface area contributed by atoms with Gasteiger partial charge in [-0.2, -0.15) is 0 Å². The summed E-state index contributed by atoms with van der Waals surface area (Å²) in [4.78, 5) is 12.8. The Balaban J connectivity index is 2.63. The summed E-state index contributed by atoms with van der Waals surface area (Å²) in [5.41, 5.74) is 11.6. The van der Waals surface area contributed by atoms with E-state index in [2.05, 4.69) is 0 Å². The highest BCUT2D eigenvalue weighted by Crippen LogP contribution is 2.09. The van der Waals surface area contributed by atoms with Gasteiger partial charge in [-0.15, -0.1) is 0 Å². The van der Waals surface area contributed by atoms with Crippen LogP contribution in [0.25, 0.3) is 0 Å². The van der Waals surface area contributed by atoms with Gasteiger partial charge in [0.1, 0.15) is 5.82 Å². The first-order chi connectivity index (χ1) is 8.02. The molecule has 0 aliphatic rings. The summed E-state index contributed by atoms with van der Waals surface area (Å²) >= 11 is 0. The average Bonchev–Trinajstić information content (AvgIpc) is 2.25. The summed E-state index contributed by atoms with van der Waals surface area (Å²) in [6, 6.07) is 6.24. The molecule has 1 atom stereocenters. The third kappa shape index (κ3) is 4.50. The molecule has 0 aromatic heterocycles. The van der Waals surface area contributed by atoms with Gasteiger partial charge in [0.05, 0.1) is 0 Å². The van der Waals surface area contributed by atoms with Crippen molar-refractivity contribution >= 4 is 5.91 Å². The molecule has 0 heterocycles. The summed E-state index contributed by atoms with van der Waals surface area (Å²) in [6.07, 6.45) is 0.211. The summed E-state index contributed by atoms with van der Waals surface area (Å²) < 4.78 is 13.0. The number of carbonyl (C=O) groups is 1. The van der Waals surface area contributed by atoms with E-state index in [9.17, 15) is 9.18 Å². The average molecular weight is 239 g/mol. The van der Waals surface area contributed by atoms with E-state index in [0.29, 0.717) is 13.1 Å². The number of nitrogens with zero attached hydrogens (tertiary/aromatic N) is 1. The molecule has 94 valence electrons. The maximum Gasteiger partial charge on any atom is 0.219 e. The van der Waals surface area contributed by atoms with Crippen LogP contribution in [0.3, 0.4) is 0 Å². The fourth-order valence-electron chi connectivity index (χ4n) is 1.70. The first-order valence-corrected chi connectivity index (χ1v) is 5.46. The van der Waals surface area contributed by atoms with E-state index in [1.54, 1.807) is 6.07 Å². The van der Waals surface area contributed by atoms with Gasteiger partial charge in [0.2, 0.25) is 5.91 Å². The zero-order chi connectivity index (χ0) is 12.8. The summed E-state index contributed by atoms with van der Waals surface area (Å²) in [5, 5.41) is 0. The normalized spacial score (nSPS) is 12.7. The number of likely N-dealkylation sites (N-methyl/N-ethyl adjacent to an activating group) is 1. The topological polar surface area (TPSA) is 72.3 Å². The Morgan fingerprint density at radius 3 is 2.76 bits per heavy atom. The van der Waals surface area contributed by atoms with Crippen molar-refractivity contribution in [3.63, 3.8) is 0 Å². The Morgan fingerprint density at radius 2 is 2.24 bits per heavy atom. The fraction of sp³-hybridized carbons (Fsp3) is 0.417. The minimum Gasteiger partial charge on any atom is -0.370 e. The van der Waals surface area contributed by atoms with E-state index in [0.717, 1.165) is 5.56 Å². The van der Waals surface area contributed by atoms with Gasteiger partial charge in [-0.25, -0.2) is 4.39 Å². The summed E-state index contributed by atoms with van der Waals surface area (Å²) in [6.45, 7) is 0.877. The zero-order valence-electron chi connectivity index (χ0n) is 9.90. The first-order valence-electron chi connectivity index (χ1n) is 5.46. The monoisotopic (exact) mass is 239 g/mol. The van der Waals surface area contributed by atoms with Crippen LogP contribution in [0.2, 0.25) is 0 Å². The molecule has 4 N–H and O–H groups in total. The molecule has 0 radical (unpaired) electrons. The Morgan fingerprint density at radius 1 is 1.53 bits per heavy atom. The van der Waals surface area contributed by atoms with Crippen LogP contribution in [-0.2, 0) is 11.3 Å². The Labute approximate surface area is 100 Å². The van der Waals surface area contributed by atoms with Crippen molar-refractivity contribution in [3.8, 4) is 0 Å². The van der Waals surface area contributed by atoms with E-state index >= 15 is 0 Å². The van der Waals surface area contributed by atoms with Crippen LogP contribution >= 0.6 is 0 Å². The van der Waals surface area contributed by atoms with Crippen molar-refractivity contribution < 1.29 is 9.18 Å². The van der Waals surface area contributed by atoms with Crippen LogP contribution in [0.15, 0.2) is 24.3 Å². The van der Waals surface area contributed by atoms with Crippen LogP contribution in [-0.4, -0.2) is 30.4 Å². The lowest BCUT2D eigenvalue weighted by atomic mass is 10.1. The molecule has 0 aliphatic heterocycles. The quantitative estimate of drug-likeness (QED) is 0.757. The third-order valence-corrected chi connectivity index (χ3v) is 2.65. The molecule has 1 aromatic carbocycles. The lowest BCUT2D eigenvalue weighted by Gasteiger charge is -2.25. The number of hydrogen-bond acceptors (Lipinski definition) is 3. The number of benzene rings is 1. The van der Waals surface area contributed by atoms with E-state index < -0.39 is 0 Å². The Kier molecular flexibility index (Phi) is 5.06. The lowest BCUT2D eigenvalue weighted by molar-refractivity contribution is -0.119. The van der Waals surface area contributed by atoms with Crippen molar-refractivity contribution in [2.75, 3.05) is 13.6 Å². The van der Waals surface area contributed by atoms with Crippen molar-refractivity contribution in [2.45, 2.75) is 19.0 Å². The predicted molar refractivity (Wildman–Crippen MR) is 64.5 cm³/mol. The van der Waals surface area contributed by atoms with Crippen LogP contribution in [0.1, 0.15) is 12.0 Å². The second-order valence-electron chi connectivity index (χ2n) is 4.10. The van der Waals surface area contributed by atoms with Crippen LogP contribution in [0.5, 0.6) is 0 Å². The van der Waals surface area contributed by atoms with Crippen molar-refractivity contribution in [1.82, 2.24) is 4.90 Å². The SMILES string of the molecule is CN(Cc1cccc(F)c1)C(CN)CC(N)=O. The molecular weight excluding hydrogens is 221 g/mol. The molecule has 1 amide bonds. The fourth-order valence-corrected chi connectivity index (χ4v) is 1.70. The van der Waals surface area contributed by atoms with Crippen LogP contribution < -0.4 is 11.5 Å². The second-order valence-corrected chi connectivity index (χ2v) is 4.10. The molecule has 0 spiro atoms. The number of nitrogens with two attached hydrogens (primary N) is 2.